The van der Waals surface area contributed by atoms with E-state index in [2.05, 4.69) is 4.98 Å². The van der Waals surface area contributed by atoms with Crippen LogP contribution in [0.15, 0.2) is 42.6 Å². The maximum absolute atomic E-state index is 13.1. The Morgan fingerprint density at radius 3 is 2.70 bits per heavy atom. The summed E-state index contributed by atoms with van der Waals surface area (Å²) < 4.78 is 44.8. The van der Waals surface area contributed by atoms with Gasteiger partial charge in [0.2, 0.25) is 0 Å². The van der Waals surface area contributed by atoms with Crippen molar-refractivity contribution < 1.29 is 23.0 Å². The molecule has 6 heteroatoms. The van der Waals surface area contributed by atoms with Gasteiger partial charge in [-0.1, -0.05) is 12.1 Å². The molecule has 0 saturated carbocycles. The van der Waals surface area contributed by atoms with Gasteiger partial charge in [0.15, 0.2) is 0 Å². The highest BCUT2D eigenvalue weighted by Crippen LogP contribution is 2.46. The van der Waals surface area contributed by atoms with Crippen LogP contribution < -0.4 is 4.74 Å². The van der Waals surface area contributed by atoms with Crippen LogP contribution >= 0.6 is 0 Å². The third-order valence-electron chi connectivity index (χ3n) is 3.94. The molecule has 116 valence electrons. The minimum atomic E-state index is -4.47. The third-order valence-corrected chi connectivity index (χ3v) is 3.94. The van der Waals surface area contributed by atoms with Crippen LogP contribution in [0.4, 0.5) is 13.2 Å². The molecule has 0 unspecified atom stereocenters. The molecule has 2 aromatic carbocycles. The molecule has 4 rings (SSSR count). The Morgan fingerprint density at radius 2 is 1.91 bits per heavy atom. The predicted molar refractivity (Wildman–Crippen MR) is 78.2 cm³/mol. The zero-order valence-electron chi connectivity index (χ0n) is 11.7. The van der Waals surface area contributed by atoms with E-state index in [0.717, 1.165) is 17.0 Å². The van der Waals surface area contributed by atoms with Gasteiger partial charge in [-0.3, -0.25) is 4.98 Å². The number of nitrogens with zero attached hydrogens (tertiary/aromatic N) is 1. The Balaban J connectivity index is 2.00. The molecule has 3 nitrogen and oxygen atoms in total. The fraction of sp³-hybridized carbons (Fsp3) is 0.118. The maximum atomic E-state index is 13.1. The first kappa shape index (κ1) is 13.9. The number of hydrogen-bond donors (Lipinski definition) is 1. The van der Waals surface area contributed by atoms with E-state index in [1.807, 2.05) is 0 Å². The lowest BCUT2D eigenvalue weighted by Crippen LogP contribution is -2.13. The predicted octanol–water partition coefficient (Wildman–Crippen LogP) is 4.52. The zero-order chi connectivity index (χ0) is 16.2. The van der Waals surface area contributed by atoms with Crippen molar-refractivity contribution in [1.82, 2.24) is 4.98 Å². The van der Waals surface area contributed by atoms with Gasteiger partial charge in [-0.2, -0.15) is 13.2 Å². The van der Waals surface area contributed by atoms with Crippen LogP contribution in [0.5, 0.6) is 11.5 Å². The molecule has 1 aromatic heterocycles. The van der Waals surface area contributed by atoms with E-state index in [-0.39, 0.29) is 18.1 Å². The molecule has 1 aliphatic heterocycles. The van der Waals surface area contributed by atoms with Crippen LogP contribution in [0.1, 0.15) is 11.1 Å². The molecular weight excluding hydrogens is 307 g/mol. The second-order valence-corrected chi connectivity index (χ2v) is 5.32. The smallest absolute Gasteiger partial charge is 0.419 e. The highest BCUT2D eigenvalue weighted by molar-refractivity contribution is 5.91. The van der Waals surface area contributed by atoms with Gasteiger partial charge < -0.3 is 9.84 Å². The number of aromatic nitrogens is 1. The molecule has 0 radical (unpaired) electrons. The van der Waals surface area contributed by atoms with Gasteiger partial charge in [0.1, 0.15) is 18.1 Å². The summed E-state index contributed by atoms with van der Waals surface area (Å²) in [6.07, 6.45) is -2.95. The van der Waals surface area contributed by atoms with E-state index >= 15 is 0 Å². The van der Waals surface area contributed by atoms with Gasteiger partial charge in [0, 0.05) is 34.3 Å². The molecule has 0 spiro atoms. The van der Waals surface area contributed by atoms with Crippen LogP contribution in [-0.2, 0) is 12.8 Å². The number of para-hydroxylation sites is 1. The molecule has 0 saturated heterocycles. The summed E-state index contributed by atoms with van der Waals surface area (Å²) in [5.74, 6) is -0.0751. The Kier molecular flexibility index (Phi) is 2.78. The van der Waals surface area contributed by atoms with E-state index in [1.54, 1.807) is 12.1 Å². The molecule has 0 fully saturated rings. The molecule has 1 N–H and O–H groups in total. The van der Waals surface area contributed by atoms with Crippen molar-refractivity contribution in [2.24, 2.45) is 0 Å². The number of fused-ring (bicyclic) bond motifs is 5. The van der Waals surface area contributed by atoms with Gasteiger partial charge in [-0.05, 0) is 18.2 Å². The monoisotopic (exact) mass is 317 g/mol. The van der Waals surface area contributed by atoms with Crippen molar-refractivity contribution in [2.75, 3.05) is 0 Å². The average molecular weight is 317 g/mol. The normalized spacial score (nSPS) is 13.3. The number of hydrogen-bond acceptors (Lipinski definition) is 3. The highest BCUT2D eigenvalue weighted by atomic mass is 19.4. The number of rotatable bonds is 0. The third kappa shape index (κ3) is 2.10. The number of alkyl halides is 3. The van der Waals surface area contributed by atoms with Crippen LogP contribution in [0, 0.1) is 0 Å². The topological polar surface area (TPSA) is 42.4 Å². The van der Waals surface area contributed by atoms with Gasteiger partial charge in [-0.15, -0.1) is 0 Å². The minimum absolute atomic E-state index is 0.0270. The summed E-state index contributed by atoms with van der Waals surface area (Å²) in [7, 11) is 0. The number of phenols is 1. The molecule has 0 aliphatic carbocycles. The van der Waals surface area contributed by atoms with E-state index < -0.39 is 11.7 Å². The average Bonchev–Trinajstić information content (AvgIpc) is 2.52. The number of phenolic OH excluding ortho intramolecular Hbond substituents is 1. The number of benzene rings is 2. The van der Waals surface area contributed by atoms with Gasteiger partial charge >= 0.3 is 6.18 Å². The minimum Gasteiger partial charge on any atom is -0.508 e. The SMILES string of the molecule is Oc1ccc2c3c(cnc2c1)-c1cccc(C(F)(F)F)c1OC3. The van der Waals surface area contributed by atoms with E-state index in [1.165, 1.54) is 24.4 Å². The zero-order valence-corrected chi connectivity index (χ0v) is 11.7. The van der Waals surface area contributed by atoms with Crippen LogP contribution in [0.2, 0.25) is 0 Å². The summed E-state index contributed by atoms with van der Waals surface area (Å²) in [6.45, 7) is 0.0270. The summed E-state index contributed by atoms with van der Waals surface area (Å²) in [6, 6.07) is 8.69. The molecule has 1 aliphatic rings. The number of halogens is 3. The lowest BCUT2D eigenvalue weighted by atomic mass is 9.93. The van der Waals surface area contributed by atoms with Gasteiger partial charge in [0.25, 0.3) is 0 Å². The van der Waals surface area contributed by atoms with Crippen molar-refractivity contribution >= 4 is 10.9 Å². The van der Waals surface area contributed by atoms with Crippen molar-refractivity contribution in [1.29, 1.82) is 0 Å². The first-order valence-electron chi connectivity index (χ1n) is 6.89. The molecular formula is C17H10F3NO2. The second-order valence-electron chi connectivity index (χ2n) is 5.32. The number of pyridine rings is 1. The molecule has 0 bridgehead atoms. The van der Waals surface area contributed by atoms with Crippen molar-refractivity contribution in [3.63, 3.8) is 0 Å². The fourth-order valence-electron chi connectivity index (χ4n) is 2.90. The van der Waals surface area contributed by atoms with E-state index in [0.29, 0.717) is 16.6 Å². The molecule has 23 heavy (non-hydrogen) atoms. The lowest BCUT2D eigenvalue weighted by molar-refractivity contribution is -0.139. The Hall–Kier alpha value is -2.76. The Bertz CT molecular complexity index is 935. The van der Waals surface area contributed by atoms with Crippen molar-refractivity contribution in [2.45, 2.75) is 12.8 Å². The quantitative estimate of drug-likeness (QED) is 0.663. The van der Waals surface area contributed by atoms with Gasteiger partial charge in [0.05, 0.1) is 11.1 Å². The number of aromatic hydroxyl groups is 1. The van der Waals surface area contributed by atoms with E-state index in [9.17, 15) is 18.3 Å². The van der Waals surface area contributed by atoms with E-state index in [4.69, 9.17) is 4.74 Å². The lowest BCUT2D eigenvalue weighted by Gasteiger charge is -2.24. The molecule has 2 heterocycles. The maximum Gasteiger partial charge on any atom is 0.419 e. The van der Waals surface area contributed by atoms with Crippen molar-refractivity contribution in [3.8, 4) is 22.6 Å². The first-order valence-corrected chi connectivity index (χ1v) is 6.89. The molecule has 0 atom stereocenters. The summed E-state index contributed by atoms with van der Waals surface area (Å²) in [4.78, 5) is 4.25. The first-order chi connectivity index (χ1) is 10.9. The standard InChI is InChI=1S/C17H10F3NO2/c18-17(19,20)14-3-1-2-11-12-7-21-15-6-9(22)4-5-10(15)13(12)8-23-16(11)14/h1-7,22H,8H2. The highest BCUT2D eigenvalue weighted by Gasteiger charge is 2.37. The Morgan fingerprint density at radius 1 is 1.09 bits per heavy atom. The van der Waals surface area contributed by atoms with Crippen LogP contribution in [0.3, 0.4) is 0 Å². The molecule has 3 aromatic rings. The Labute approximate surface area is 129 Å². The summed E-state index contributed by atoms with van der Waals surface area (Å²) in [5.41, 5.74) is 1.55. The summed E-state index contributed by atoms with van der Waals surface area (Å²) >= 11 is 0. The summed E-state index contributed by atoms with van der Waals surface area (Å²) in [5, 5.41) is 10.3. The number of ether oxygens (including phenoxy) is 1. The van der Waals surface area contributed by atoms with Crippen LogP contribution in [0.25, 0.3) is 22.0 Å². The second kappa shape index (κ2) is 4.62. The largest absolute Gasteiger partial charge is 0.508 e. The van der Waals surface area contributed by atoms with Crippen LogP contribution in [-0.4, -0.2) is 10.1 Å². The van der Waals surface area contributed by atoms with Crippen molar-refractivity contribution in [3.05, 3.63) is 53.7 Å². The molecule has 0 amide bonds. The van der Waals surface area contributed by atoms with Gasteiger partial charge in [-0.25, -0.2) is 0 Å². The fourth-order valence-corrected chi connectivity index (χ4v) is 2.90.